The molecule has 10 nitrogen and oxygen atoms in total. The number of anilines is 2. The molecule has 0 aliphatic rings. The van der Waals surface area contributed by atoms with Crippen molar-refractivity contribution in [1.82, 2.24) is 14.8 Å². The number of ether oxygens (including phenoxy) is 2. The Morgan fingerprint density at radius 1 is 0.909 bits per heavy atom. The van der Waals surface area contributed by atoms with Gasteiger partial charge < -0.3 is 24.7 Å². The molecule has 0 aliphatic heterocycles. The Balaban J connectivity index is 1.50. The Hall–Kier alpha value is -3.86. The van der Waals surface area contributed by atoms with Crippen molar-refractivity contribution in [2.24, 2.45) is 7.05 Å². The molecular formula is C22H23N5O5S. The second-order valence-electron chi connectivity index (χ2n) is 6.82. The van der Waals surface area contributed by atoms with Crippen LogP contribution < -0.4 is 15.4 Å². The zero-order chi connectivity index (χ0) is 23.8. The number of nitrogens with one attached hydrogen (secondary N) is 2. The monoisotopic (exact) mass is 469 g/mol. The molecule has 33 heavy (non-hydrogen) atoms. The summed E-state index contributed by atoms with van der Waals surface area (Å²) in [6.07, 6.45) is 0.0365. The largest absolute Gasteiger partial charge is 0.497 e. The van der Waals surface area contributed by atoms with Gasteiger partial charge in [0.15, 0.2) is 5.16 Å². The maximum Gasteiger partial charge on any atom is 0.337 e. The number of hydrogen-bond acceptors (Lipinski definition) is 8. The van der Waals surface area contributed by atoms with Gasteiger partial charge in [0.2, 0.25) is 11.8 Å². The third kappa shape index (κ3) is 6.56. The Morgan fingerprint density at radius 3 is 2.12 bits per heavy atom. The highest BCUT2D eigenvalue weighted by molar-refractivity contribution is 7.99. The van der Waals surface area contributed by atoms with E-state index in [-0.39, 0.29) is 24.0 Å². The third-order valence-corrected chi connectivity index (χ3v) is 5.56. The molecule has 0 radical (unpaired) electrons. The van der Waals surface area contributed by atoms with Crippen LogP contribution in [0, 0.1) is 0 Å². The first kappa shape index (κ1) is 23.8. The minimum absolute atomic E-state index is 0.0365. The lowest BCUT2D eigenvalue weighted by Gasteiger charge is -2.07. The molecule has 0 atom stereocenters. The van der Waals surface area contributed by atoms with E-state index in [9.17, 15) is 14.4 Å². The molecule has 3 aromatic rings. The summed E-state index contributed by atoms with van der Waals surface area (Å²) in [5, 5.41) is 14.2. The summed E-state index contributed by atoms with van der Waals surface area (Å²) in [5.74, 6) is 0.350. The van der Waals surface area contributed by atoms with E-state index in [1.165, 1.54) is 18.9 Å². The predicted molar refractivity (Wildman–Crippen MR) is 123 cm³/mol. The number of amides is 2. The van der Waals surface area contributed by atoms with Crippen molar-refractivity contribution in [1.29, 1.82) is 0 Å². The second-order valence-corrected chi connectivity index (χ2v) is 7.76. The van der Waals surface area contributed by atoms with Crippen molar-refractivity contribution in [3.63, 3.8) is 0 Å². The highest BCUT2D eigenvalue weighted by atomic mass is 32.2. The summed E-state index contributed by atoms with van der Waals surface area (Å²) < 4.78 is 11.4. The fourth-order valence-corrected chi connectivity index (χ4v) is 3.51. The van der Waals surface area contributed by atoms with Gasteiger partial charge in [-0.15, -0.1) is 10.2 Å². The first-order valence-corrected chi connectivity index (χ1v) is 10.8. The molecule has 0 fully saturated rings. The van der Waals surface area contributed by atoms with Crippen LogP contribution in [0.3, 0.4) is 0 Å². The minimum Gasteiger partial charge on any atom is -0.497 e. The smallest absolute Gasteiger partial charge is 0.337 e. The van der Waals surface area contributed by atoms with E-state index in [2.05, 4.69) is 25.6 Å². The molecule has 172 valence electrons. The quantitative estimate of drug-likeness (QED) is 0.362. The van der Waals surface area contributed by atoms with Gasteiger partial charge in [0, 0.05) is 18.4 Å². The van der Waals surface area contributed by atoms with E-state index in [0.717, 1.165) is 0 Å². The lowest BCUT2D eigenvalue weighted by Crippen LogP contribution is -2.17. The molecule has 0 saturated carbocycles. The average molecular weight is 470 g/mol. The maximum absolute atomic E-state index is 12.3. The van der Waals surface area contributed by atoms with Crippen LogP contribution in [0.15, 0.2) is 53.7 Å². The van der Waals surface area contributed by atoms with Gasteiger partial charge >= 0.3 is 5.97 Å². The standard InChI is InChI=1S/C22H23N5O5S/c1-27-18(12-19(28)23-16-8-10-17(31-2)11-9-16)25-26-22(27)33-13-20(29)24-15-6-4-14(5-7-15)21(30)32-3/h4-11H,12-13H2,1-3H3,(H,23,28)(H,24,29). The zero-order valence-electron chi connectivity index (χ0n) is 18.3. The van der Waals surface area contributed by atoms with E-state index in [4.69, 9.17) is 4.74 Å². The van der Waals surface area contributed by atoms with Crippen LogP contribution in [0.2, 0.25) is 0 Å². The summed E-state index contributed by atoms with van der Waals surface area (Å²) in [5.41, 5.74) is 1.60. The number of benzene rings is 2. The van der Waals surface area contributed by atoms with Crippen molar-refractivity contribution in [2.75, 3.05) is 30.6 Å². The highest BCUT2D eigenvalue weighted by Gasteiger charge is 2.15. The van der Waals surface area contributed by atoms with E-state index in [1.54, 1.807) is 67.3 Å². The number of rotatable bonds is 9. The number of thioether (sulfide) groups is 1. The molecule has 11 heteroatoms. The van der Waals surface area contributed by atoms with E-state index in [1.807, 2.05) is 0 Å². The van der Waals surface area contributed by atoms with Gasteiger partial charge in [-0.3, -0.25) is 9.59 Å². The van der Waals surface area contributed by atoms with Crippen LogP contribution in [0.5, 0.6) is 5.75 Å². The lowest BCUT2D eigenvalue weighted by atomic mass is 10.2. The van der Waals surface area contributed by atoms with E-state index in [0.29, 0.717) is 33.7 Å². The van der Waals surface area contributed by atoms with Gasteiger partial charge in [-0.25, -0.2) is 4.79 Å². The SMILES string of the molecule is COC(=O)c1ccc(NC(=O)CSc2nnc(CC(=O)Nc3ccc(OC)cc3)n2C)cc1. The van der Waals surface area contributed by atoms with Gasteiger partial charge in [-0.2, -0.15) is 0 Å². The van der Waals surface area contributed by atoms with Crippen molar-refractivity contribution in [2.45, 2.75) is 11.6 Å². The van der Waals surface area contributed by atoms with Crippen LogP contribution in [-0.4, -0.2) is 52.5 Å². The topological polar surface area (TPSA) is 124 Å². The Morgan fingerprint density at radius 2 is 1.52 bits per heavy atom. The van der Waals surface area contributed by atoms with Gasteiger partial charge in [0.25, 0.3) is 0 Å². The van der Waals surface area contributed by atoms with E-state index < -0.39 is 5.97 Å². The lowest BCUT2D eigenvalue weighted by molar-refractivity contribution is -0.116. The van der Waals surface area contributed by atoms with Gasteiger partial charge in [0.05, 0.1) is 32.0 Å². The van der Waals surface area contributed by atoms with Crippen LogP contribution in [-0.2, 0) is 27.8 Å². The molecule has 0 unspecified atom stereocenters. The van der Waals surface area contributed by atoms with Gasteiger partial charge in [-0.1, -0.05) is 11.8 Å². The number of methoxy groups -OCH3 is 2. The predicted octanol–water partition coefficient (Wildman–Crippen LogP) is 2.52. The van der Waals surface area contributed by atoms with Crippen LogP contribution >= 0.6 is 11.8 Å². The number of nitrogens with zero attached hydrogens (tertiary/aromatic N) is 3. The number of aromatic nitrogens is 3. The molecule has 0 bridgehead atoms. The fourth-order valence-electron chi connectivity index (χ4n) is 2.78. The molecule has 1 aromatic heterocycles. The summed E-state index contributed by atoms with van der Waals surface area (Å²) in [6, 6.07) is 13.4. The number of hydrogen-bond donors (Lipinski definition) is 2. The molecule has 2 N–H and O–H groups in total. The fraction of sp³-hybridized carbons (Fsp3) is 0.227. The first-order chi connectivity index (χ1) is 15.9. The number of esters is 1. The average Bonchev–Trinajstić information content (AvgIpc) is 3.17. The second kappa shape index (κ2) is 11.1. The Bertz CT molecular complexity index is 1130. The van der Waals surface area contributed by atoms with Gasteiger partial charge in [0.1, 0.15) is 11.6 Å². The van der Waals surface area contributed by atoms with E-state index >= 15 is 0 Å². The molecule has 0 spiro atoms. The van der Waals surface area contributed by atoms with Crippen molar-refractivity contribution < 1.29 is 23.9 Å². The molecule has 1 heterocycles. The van der Waals surface area contributed by atoms with Crippen LogP contribution in [0.4, 0.5) is 11.4 Å². The highest BCUT2D eigenvalue weighted by Crippen LogP contribution is 2.18. The Kier molecular flexibility index (Phi) is 8.03. The summed E-state index contributed by atoms with van der Waals surface area (Å²) in [6.45, 7) is 0. The van der Waals surface area contributed by atoms with Crippen molar-refractivity contribution in [3.8, 4) is 5.75 Å². The summed E-state index contributed by atoms with van der Waals surface area (Å²) in [4.78, 5) is 36.0. The first-order valence-electron chi connectivity index (χ1n) is 9.82. The summed E-state index contributed by atoms with van der Waals surface area (Å²) in [7, 11) is 4.62. The van der Waals surface area contributed by atoms with Crippen molar-refractivity contribution in [3.05, 3.63) is 59.9 Å². The molecule has 0 saturated heterocycles. The number of carbonyl (C=O) groups excluding carboxylic acids is 3. The molecule has 0 aliphatic carbocycles. The third-order valence-electron chi connectivity index (χ3n) is 4.54. The molecule has 2 amide bonds. The minimum atomic E-state index is -0.445. The normalized spacial score (nSPS) is 10.4. The molecule has 3 rings (SSSR count). The molecule has 2 aromatic carbocycles. The summed E-state index contributed by atoms with van der Waals surface area (Å²) >= 11 is 1.20. The van der Waals surface area contributed by atoms with Gasteiger partial charge in [-0.05, 0) is 48.5 Å². The zero-order valence-corrected chi connectivity index (χ0v) is 19.1. The number of carbonyl (C=O) groups is 3. The van der Waals surface area contributed by atoms with Crippen molar-refractivity contribution >= 4 is 40.9 Å². The molecular weight excluding hydrogens is 446 g/mol. The van der Waals surface area contributed by atoms with Crippen LogP contribution in [0.25, 0.3) is 0 Å². The maximum atomic E-state index is 12.3. The Labute approximate surface area is 194 Å². The van der Waals surface area contributed by atoms with Crippen LogP contribution in [0.1, 0.15) is 16.2 Å².